The Morgan fingerprint density at radius 1 is 1.40 bits per heavy atom. The lowest BCUT2D eigenvalue weighted by Crippen LogP contribution is -1.91. The van der Waals surface area contributed by atoms with Crippen molar-refractivity contribution in [2.24, 2.45) is 4.99 Å². The maximum Gasteiger partial charge on any atom is 0.168 e. The highest BCUT2D eigenvalue weighted by Gasteiger charge is 1.83. The first-order chi connectivity index (χ1) is 4.85. The predicted octanol–water partition coefficient (Wildman–Crippen LogP) is 1.51. The van der Waals surface area contributed by atoms with Gasteiger partial charge in [0.15, 0.2) is 6.29 Å². The van der Waals surface area contributed by atoms with Gasteiger partial charge in [0.05, 0.1) is 0 Å². The average molecular weight is 135 g/mol. The maximum atomic E-state index is 10.1. The second kappa shape index (κ2) is 5.69. The van der Waals surface area contributed by atoms with Crippen LogP contribution in [0.5, 0.6) is 0 Å². The molecule has 0 spiro atoms. The molecule has 52 valence electrons. The number of rotatable bonds is 4. The Morgan fingerprint density at radius 2 is 2.10 bits per heavy atom. The Balaban J connectivity index is 4.20. The van der Waals surface area contributed by atoms with E-state index in [0.29, 0.717) is 12.0 Å². The van der Waals surface area contributed by atoms with Crippen LogP contribution in [0.2, 0.25) is 0 Å². The van der Waals surface area contributed by atoms with Gasteiger partial charge in [-0.25, -0.2) is 0 Å². The molecule has 0 fully saturated rings. The van der Waals surface area contributed by atoms with Gasteiger partial charge in [0.25, 0.3) is 0 Å². The summed E-state index contributed by atoms with van der Waals surface area (Å²) in [6.45, 7) is 6.79. The third-order valence-electron chi connectivity index (χ3n) is 0.764. The van der Waals surface area contributed by atoms with Gasteiger partial charge in [-0.05, 0) is 6.08 Å². The molecule has 0 bridgehead atoms. The summed E-state index contributed by atoms with van der Waals surface area (Å²) in [5.41, 5.74) is 0.343. The molecule has 2 heteroatoms. The number of carbonyl (C=O) groups is 1. The molecule has 0 rings (SSSR count). The monoisotopic (exact) mass is 135 g/mol. The van der Waals surface area contributed by atoms with Crippen LogP contribution in [0, 0.1) is 0 Å². The number of nitrogens with zero attached hydrogens (tertiary/aromatic N) is 1. The van der Waals surface area contributed by atoms with Crippen LogP contribution in [0.1, 0.15) is 0 Å². The molecule has 0 aromatic heterocycles. The highest BCUT2D eigenvalue weighted by Crippen LogP contribution is 1.80. The summed E-state index contributed by atoms with van der Waals surface area (Å²) in [5.74, 6) is 0. The minimum Gasteiger partial charge on any atom is -0.296 e. The topological polar surface area (TPSA) is 29.4 Å². The fourth-order valence-corrected chi connectivity index (χ4v) is 0.385. The average Bonchev–Trinajstić information content (AvgIpc) is 1.98. The van der Waals surface area contributed by atoms with Crippen molar-refractivity contribution in [3.63, 3.8) is 0 Å². The van der Waals surface area contributed by atoms with Gasteiger partial charge in [-0.15, -0.1) is 0 Å². The molecule has 0 atom stereocenters. The first-order valence-corrected chi connectivity index (χ1v) is 2.78. The molecule has 0 aromatic carbocycles. The fraction of sp³-hybridized carbons (Fsp3) is 0. The minimum absolute atomic E-state index is 0.343. The zero-order chi connectivity index (χ0) is 7.82. The van der Waals surface area contributed by atoms with Crippen LogP contribution in [-0.4, -0.2) is 12.0 Å². The van der Waals surface area contributed by atoms with Crippen LogP contribution in [0.15, 0.2) is 42.6 Å². The van der Waals surface area contributed by atoms with Crippen LogP contribution in [0.3, 0.4) is 0 Å². The molecule has 0 saturated carbocycles. The Morgan fingerprint density at radius 3 is 2.50 bits per heavy atom. The van der Waals surface area contributed by atoms with E-state index in [0.717, 1.165) is 0 Å². The Labute approximate surface area is 60.3 Å². The standard InChI is InChI=1S/C8H9NO/c1-3-5-6-8(7-10)9-4-2/h3-7H,1-2H2/b6-5-,9-8+. The van der Waals surface area contributed by atoms with Crippen molar-refractivity contribution in [3.8, 4) is 0 Å². The Hall–Kier alpha value is -1.44. The molecule has 0 amide bonds. The smallest absolute Gasteiger partial charge is 0.168 e. The van der Waals surface area contributed by atoms with Crippen molar-refractivity contribution in [1.82, 2.24) is 0 Å². The van der Waals surface area contributed by atoms with Gasteiger partial charge < -0.3 is 0 Å². The molecule has 0 aliphatic heterocycles. The third kappa shape index (κ3) is 3.55. The van der Waals surface area contributed by atoms with Gasteiger partial charge in [0, 0.05) is 6.20 Å². The van der Waals surface area contributed by atoms with Crippen molar-refractivity contribution in [2.45, 2.75) is 0 Å². The molecule has 0 unspecified atom stereocenters. The van der Waals surface area contributed by atoms with Crippen LogP contribution in [0.4, 0.5) is 0 Å². The van der Waals surface area contributed by atoms with Gasteiger partial charge in [-0.1, -0.05) is 25.3 Å². The molecule has 0 radical (unpaired) electrons. The third-order valence-corrected chi connectivity index (χ3v) is 0.764. The largest absolute Gasteiger partial charge is 0.296 e. The highest BCUT2D eigenvalue weighted by molar-refractivity contribution is 6.33. The summed E-state index contributed by atoms with van der Waals surface area (Å²) in [7, 11) is 0. The number of aldehydes is 1. The number of hydrogen-bond acceptors (Lipinski definition) is 2. The Kier molecular flexibility index (Phi) is 4.87. The van der Waals surface area contributed by atoms with E-state index in [2.05, 4.69) is 18.2 Å². The number of hydrogen-bond donors (Lipinski definition) is 0. The van der Waals surface area contributed by atoms with Crippen molar-refractivity contribution in [1.29, 1.82) is 0 Å². The zero-order valence-electron chi connectivity index (χ0n) is 5.66. The quantitative estimate of drug-likeness (QED) is 0.326. The molecule has 2 nitrogen and oxygen atoms in total. The SMILES string of the molecule is C=C/C=C\C(C=O)=N/C=C. The van der Waals surface area contributed by atoms with Gasteiger partial charge in [-0.3, -0.25) is 9.79 Å². The molecule has 0 aromatic rings. The molecular formula is C8H9NO. The van der Waals surface area contributed by atoms with Crippen molar-refractivity contribution < 1.29 is 4.79 Å². The van der Waals surface area contributed by atoms with Crippen molar-refractivity contribution in [2.75, 3.05) is 0 Å². The second-order valence-corrected chi connectivity index (χ2v) is 1.45. The molecule has 0 aliphatic carbocycles. The lowest BCUT2D eigenvalue weighted by Gasteiger charge is -1.81. The molecular weight excluding hydrogens is 126 g/mol. The zero-order valence-corrected chi connectivity index (χ0v) is 5.66. The predicted molar refractivity (Wildman–Crippen MR) is 43.0 cm³/mol. The van der Waals surface area contributed by atoms with Crippen LogP contribution in [0.25, 0.3) is 0 Å². The van der Waals surface area contributed by atoms with Crippen LogP contribution in [-0.2, 0) is 4.79 Å². The van der Waals surface area contributed by atoms with E-state index in [1.807, 2.05) is 0 Å². The summed E-state index contributed by atoms with van der Waals surface area (Å²) in [6.07, 6.45) is 6.74. The maximum absolute atomic E-state index is 10.1. The van der Waals surface area contributed by atoms with E-state index < -0.39 is 0 Å². The molecule has 10 heavy (non-hydrogen) atoms. The van der Waals surface area contributed by atoms with Crippen molar-refractivity contribution >= 4 is 12.0 Å². The van der Waals surface area contributed by atoms with E-state index in [1.54, 1.807) is 18.2 Å². The molecule has 0 saturated heterocycles. The van der Waals surface area contributed by atoms with Gasteiger partial charge in [-0.2, -0.15) is 0 Å². The summed E-state index contributed by atoms with van der Waals surface area (Å²) < 4.78 is 0. The second-order valence-electron chi connectivity index (χ2n) is 1.45. The Bertz CT molecular complexity index is 189. The first-order valence-electron chi connectivity index (χ1n) is 2.78. The number of allylic oxidation sites excluding steroid dienone is 3. The van der Waals surface area contributed by atoms with Crippen molar-refractivity contribution in [3.05, 3.63) is 37.6 Å². The van der Waals surface area contributed by atoms with Gasteiger partial charge in [0.1, 0.15) is 5.71 Å². The van der Waals surface area contributed by atoms with Crippen LogP contribution >= 0.6 is 0 Å². The number of aliphatic imine (C=N–C) groups is 1. The minimum atomic E-state index is 0.343. The lowest BCUT2D eigenvalue weighted by molar-refractivity contribution is -0.102. The fourth-order valence-electron chi connectivity index (χ4n) is 0.385. The molecule has 0 aliphatic rings. The lowest BCUT2D eigenvalue weighted by atomic mass is 10.3. The molecule has 0 heterocycles. The highest BCUT2D eigenvalue weighted by atomic mass is 16.1. The summed E-state index contributed by atoms with van der Waals surface area (Å²) >= 11 is 0. The van der Waals surface area contributed by atoms with Gasteiger partial charge in [0.2, 0.25) is 0 Å². The van der Waals surface area contributed by atoms with E-state index >= 15 is 0 Å². The summed E-state index contributed by atoms with van der Waals surface area (Å²) in [4.78, 5) is 13.8. The normalized spacial score (nSPS) is 11.4. The van der Waals surface area contributed by atoms with Crippen LogP contribution < -0.4 is 0 Å². The van der Waals surface area contributed by atoms with E-state index in [-0.39, 0.29) is 0 Å². The van der Waals surface area contributed by atoms with E-state index in [9.17, 15) is 4.79 Å². The van der Waals surface area contributed by atoms with Gasteiger partial charge >= 0.3 is 0 Å². The summed E-state index contributed by atoms with van der Waals surface area (Å²) in [6, 6.07) is 0. The van der Waals surface area contributed by atoms with E-state index in [4.69, 9.17) is 0 Å². The first kappa shape index (κ1) is 8.56. The molecule has 0 N–H and O–H groups in total. The summed E-state index contributed by atoms with van der Waals surface area (Å²) in [5, 5.41) is 0. The number of carbonyl (C=O) groups excluding carboxylic acids is 1. The van der Waals surface area contributed by atoms with E-state index in [1.165, 1.54) is 6.20 Å².